The van der Waals surface area contributed by atoms with Crippen molar-refractivity contribution in [3.63, 3.8) is 0 Å². The molecule has 2 aliphatic heterocycles. The molecule has 172 valence electrons. The van der Waals surface area contributed by atoms with E-state index >= 15 is 0 Å². The summed E-state index contributed by atoms with van der Waals surface area (Å²) in [5.41, 5.74) is 0.480. The molecule has 2 aliphatic rings. The van der Waals surface area contributed by atoms with E-state index in [1.54, 1.807) is 30.0 Å². The third-order valence-corrected chi connectivity index (χ3v) is 6.28. The maximum Gasteiger partial charge on any atom is 0.325 e. The predicted octanol–water partition coefficient (Wildman–Crippen LogP) is 3.76. The Morgan fingerprint density at radius 2 is 1.71 bits per heavy atom. The van der Waals surface area contributed by atoms with E-state index in [2.05, 4.69) is 5.32 Å². The molecule has 0 saturated carbocycles. The van der Waals surface area contributed by atoms with Crippen molar-refractivity contribution in [1.82, 2.24) is 10.2 Å². The highest BCUT2D eigenvalue weighted by Gasteiger charge is 2.50. The Balaban J connectivity index is 1.45. The SMILES string of the molecule is C[C@]1(c2ccc(F)cc2)NC(=O)N(CC(=O)N2c3ccccc3OC[C@@H]2c2ccccc2)C1=O. The first-order chi connectivity index (χ1) is 16.4. The summed E-state index contributed by atoms with van der Waals surface area (Å²) >= 11 is 0. The Labute approximate surface area is 195 Å². The summed E-state index contributed by atoms with van der Waals surface area (Å²) < 4.78 is 19.3. The number of rotatable bonds is 4. The minimum Gasteiger partial charge on any atom is -0.489 e. The summed E-state index contributed by atoms with van der Waals surface area (Å²) in [5, 5.41) is 2.66. The van der Waals surface area contributed by atoms with Crippen LogP contribution in [0.25, 0.3) is 0 Å². The van der Waals surface area contributed by atoms with Gasteiger partial charge < -0.3 is 10.1 Å². The Kier molecular flexibility index (Phi) is 5.28. The smallest absolute Gasteiger partial charge is 0.325 e. The highest BCUT2D eigenvalue weighted by atomic mass is 19.1. The van der Waals surface area contributed by atoms with E-state index in [0.29, 0.717) is 17.0 Å². The zero-order valence-corrected chi connectivity index (χ0v) is 18.4. The Bertz CT molecular complexity index is 1260. The normalized spacial score (nSPS) is 21.6. The molecule has 1 fully saturated rings. The van der Waals surface area contributed by atoms with Crippen LogP contribution < -0.4 is 15.0 Å². The average Bonchev–Trinajstić information content (AvgIpc) is 3.07. The van der Waals surface area contributed by atoms with Gasteiger partial charge in [-0.3, -0.25) is 19.4 Å². The number of fused-ring (bicyclic) bond motifs is 1. The molecule has 7 nitrogen and oxygen atoms in total. The first-order valence-corrected chi connectivity index (χ1v) is 10.9. The highest BCUT2D eigenvalue weighted by Crippen LogP contribution is 2.39. The molecule has 5 rings (SSSR count). The van der Waals surface area contributed by atoms with Crippen molar-refractivity contribution in [2.75, 3.05) is 18.1 Å². The monoisotopic (exact) mass is 459 g/mol. The number of hydrogen-bond acceptors (Lipinski definition) is 4. The minimum atomic E-state index is -1.40. The van der Waals surface area contributed by atoms with Crippen LogP contribution in [0.2, 0.25) is 0 Å². The Morgan fingerprint density at radius 3 is 2.44 bits per heavy atom. The number of ether oxygens (including phenoxy) is 1. The molecule has 1 saturated heterocycles. The molecular formula is C26H22FN3O4. The summed E-state index contributed by atoms with van der Waals surface area (Å²) in [7, 11) is 0. The molecule has 2 heterocycles. The van der Waals surface area contributed by atoms with Crippen LogP contribution in [0.3, 0.4) is 0 Å². The molecule has 34 heavy (non-hydrogen) atoms. The van der Waals surface area contributed by atoms with Gasteiger partial charge in [-0.1, -0.05) is 54.6 Å². The second-order valence-corrected chi connectivity index (χ2v) is 8.42. The number of nitrogens with one attached hydrogen (secondary N) is 1. The number of carbonyl (C=O) groups is 3. The molecule has 0 aliphatic carbocycles. The molecule has 3 aromatic rings. The lowest BCUT2D eigenvalue weighted by Crippen LogP contribution is -2.48. The van der Waals surface area contributed by atoms with E-state index in [-0.39, 0.29) is 6.61 Å². The van der Waals surface area contributed by atoms with E-state index in [4.69, 9.17) is 4.74 Å². The van der Waals surface area contributed by atoms with E-state index in [9.17, 15) is 18.8 Å². The molecule has 0 aromatic heterocycles. The average molecular weight is 459 g/mol. The van der Waals surface area contributed by atoms with Gasteiger partial charge in [-0.15, -0.1) is 0 Å². The second kappa shape index (κ2) is 8.30. The topological polar surface area (TPSA) is 79.0 Å². The predicted molar refractivity (Wildman–Crippen MR) is 123 cm³/mol. The van der Waals surface area contributed by atoms with Crippen LogP contribution in [0.5, 0.6) is 5.75 Å². The van der Waals surface area contributed by atoms with Crippen molar-refractivity contribution in [1.29, 1.82) is 0 Å². The number of anilines is 1. The van der Waals surface area contributed by atoms with Gasteiger partial charge in [0.25, 0.3) is 5.91 Å². The fourth-order valence-corrected chi connectivity index (χ4v) is 4.45. The van der Waals surface area contributed by atoms with Crippen LogP contribution in [0, 0.1) is 5.82 Å². The first kappa shape index (κ1) is 21.6. The number of hydrogen-bond donors (Lipinski definition) is 1. The molecule has 0 radical (unpaired) electrons. The van der Waals surface area contributed by atoms with Crippen LogP contribution in [0.1, 0.15) is 24.1 Å². The van der Waals surface area contributed by atoms with Crippen molar-refractivity contribution in [2.45, 2.75) is 18.5 Å². The number of nitrogens with zero attached hydrogens (tertiary/aromatic N) is 2. The third kappa shape index (κ3) is 3.57. The van der Waals surface area contributed by atoms with Crippen molar-refractivity contribution < 1.29 is 23.5 Å². The van der Waals surface area contributed by atoms with E-state index in [1.165, 1.54) is 24.3 Å². The van der Waals surface area contributed by atoms with Crippen LogP contribution in [0.15, 0.2) is 78.9 Å². The number of carbonyl (C=O) groups excluding carboxylic acids is 3. The van der Waals surface area contributed by atoms with E-state index < -0.39 is 41.8 Å². The van der Waals surface area contributed by atoms with Gasteiger partial charge in [-0.05, 0) is 42.3 Å². The van der Waals surface area contributed by atoms with E-state index in [0.717, 1.165) is 10.5 Å². The molecule has 0 unspecified atom stereocenters. The molecule has 1 N–H and O–H groups in total. The second-order valence-electron chi connectivity index (χ2n) is 8.42. The molecule has 4 amide bonds. The van der Waals surface area contributed by atoms with Gasteiger partial charge >= 0.3 is 6.03 Å². The van der Waals surface area contributed by atoms with Crippen LogP contribution >= 0.6 is 0 Å². The standard InChI is InChI=1S/C26H22FN3O4/c1-26(18-11-13-19(27)14-12-18)24(32)29(25(33)28-26)15-23(31)30-20-9-5-6-10-22(20)34-16-21(30)17-7-3-2-4-8-17/h2-14,21H,15-16H2,1H3,(H,28,33)/t21-,26-/m1/s1. The van der Waals surface area contributed by atoms with Gasteiger partial charge in [0.1, 0.15) is 30.3 Å². The lowest BCUT2D eigenvalue weighted by Gasteiger charge is -2.37. The van der Waals surface area contributed by atoms with Gasteiger partial charge in [-0.2, -0.15) is 0 Å². The van der Waals surface area contributed by atoms with Gasteiger partial charge in [0, 0.05) is 0 Å². The van der Waals surface area contributed by atoms with Gasteiger partial charge in [0.2, 0.25) is 5.91 Å². The molecule has 8 heteroatoms. The van der Waals surface area contributed by atoms with Crippen LogP contribution in [-0.2, 0) is 15.1 Å². The summed E-state index contributed by atoms with van der Waals surface area (Å²) in [4.78, 5) is 42.2. The van der Waals surface area contributed by atoms with Gasteiger partial charge in [-0.25, -0.2) is 9.18 Å². The van der Waals surface area contributed by atoms with Crippen molar-refractivity contribution >= 4 is 23.5 Å². The number of imide groups is 1. The minimum absolute atomic E-state index is 0.236. The van der Waals surface area contributed by atoms with Crippen LogP contribution in [0.4, 0.5) is 14.9 Å². The van der Waals surface area contributed by atoms with Crippen molar-refractivity contribution in [2.24, 2.45) is 0 Å². The number of urea groups is 1. The number of amides is 4. The Hall–Kier alpha value is -4.20. The fourth-order valence-electron chi connectivity index (χ4n) is 4.45. The molecule has 3 aromatic carbocycles. The fraction of sp³-hybridized carbons (Fsp3) is 0.192. The number of para-hydroxylation sites is 2. The van der Waals surface area contributed by atoms with Crippen molar-refractivity contribution in [3.05, 3.63) is 95.8 Å². The van der Waals surface area contributed by atoms with Gasteiger partial charge in [0.15, 0.2) is 0 Å². The maximum absolute atomic E-state index is 13.6. The zero-order chi connectivity index (χ0) is 23.9. The Morgan fingerprint density at radius 1 is 1.03 bits per heavy atom. The molecule has 2 atom stereocenters. The quantitative estimate of drug-likeness (QED) is 0.603. The summed E-state index contributed by atoms with van der Waals surface area (Å²) in [6, 6.07) is 20.9. The molecule has 0 spiro atoms. The summed E-state index contributed by atoms with van der Waals surface area (Å²) in [5.74, 6) is -0.891. The first-order valence-electron chi connectivity index (χ1n) is 10.9. The highest BCUT2D eigenvalue weighted by molar-refractivity contribution is 6.10. The van der Waals surface area contributed by atoms with Gasteiger partial charge in [0.05, 0.1) is 11.7 Å². The summed E-state index contributed by atoms with van der Waals surface area (Å²) in [6.45, 7) is 1.33. The number of benzene rings is 3. The summed E-state index contributed by atoms with van der Waals surface area (Å²) in [6.07, 6.45) is 0. The largest absolute Gasteiger partial charge is 0.489 e. The zero-order valence-electron chi connectivity index (χ0n) is 18.4. The van der Waals surface area contributed by atoms with Crippen molar-refractivity contribution in [3.8, 4) is 5.75 Å². The number of halogens is 1. The third-order valence-electron chi connectivity index (χ3n) is 6.28. The molecule has 0 bridgehead atoms. The van der Waals surface area contributed by atoms with E-state index in [1.807, 2.05) is 36.4 Å². The maximum atomic E-state index is 13.6. The molecular weight excluding hydrogens is 437 g/mol. The lowest BCUT2D eigenvalue weighted by molar-refractivity contribution is -0.134. The lowest BCUT2D eigenvalue weighted by atomic mass is 9.92. The van der Waals surface area contributed by atoms with Crippen LogP contribution in [-0.4, -0.2) is 35.9 Å².